The lowest BCUT2D eigenvalue weighted by molar-refractivity contribution is -0.192. The number of ether oxygens (including phenoxy) is 1. The van der Waals surface area contributed by atoms with Crippen LogP contribution in [0.2, 0.25) is 0 Å². The summed E-state index contributed by atoms with van der Waals surface area (Å²) < 4.78 is 39.0. The van der Waals surface area contributed by atoms with E-state index in [1.807, 2.05) is 23.0 Å². The summed E-state index contributed by atoms with van der Waals surface area (Å²) in [6.45, 7) is 2.15. The number of methoxy groups -OCH3 is 1. The fraction of sp³-hybridized carbons (Fsp3) is 0.391. The summed E-state index contributed by atoms with van der Waals surface area (Å²) in [5, 5.41) is 11.6. The van der Waals surface area contributed by atoms with E-state index in [9.17, 15) is 13.2 Å². The van der Waals surface area contributed by atoms with Gasteiger partial charge in [-0.1, -0.05) is 24.6 Å². The van der Waals surface area contributed by atoms with Crippen LogP contribution in [0.15, 0.2) is 54.9 Å². The monoisotopic (exact) mass is 449 g/mol. The molecule has 0 amide bonds. The van der Waals surface area contributed by atoms with Gasteiger partial charge in [0.15, 0.2) is 0 Å². The number of aromatic nitrogens is 2. The molecule has 6 nitrogen and oxygen atoms in total. The summed E-state index contributed by atoms with van der Waals surface area (Å²) in [5.74, 6) is -1.83. The van der Waals surface area contributed by atoms with Crippen LogP contribution < -0.4 is 4.74 Å². The largest absolute Gasteiger partial charge is 0.497 e. The molecule has 1 N–H and O–H groups in total. The van der Waals surface area contributed by atoms with Crippen molar-refractivity contribution in [3.8, 4) is 5.75 Å². The molecular formula is C23H26F3N3O3. The van der Waals surface area contributed by atoms with Gasteiger partial charge in [0.2, 0.25) is 0 Å². The van der Waals surface area contributed by atoms with E-state index in [0.717, 1.165) is 18.7 Å². The zero-order valence-electron chi connectivity index (χ0n) is 17.8. The third-order valence-corrected chi connectivity index (χ3v) is 5.50. The number of rotatable bonds is 5. The van der Waals surface area contributed by atoms with E-state index in [-0.39, 0.29) is 0 Å². The van der Waals surface area contributed by atoms with Gasteiger partial charge in [0.1, 0.15) is 5.75 Å². The van der Waals surface area contributed by atoms with Crippen molar-refractivity contribution >= 4 is 11.5 Å². The van der Waals surface area contributed by atoms with Crippen molar-refractivity contribution in [2.24, 2.45) is 0 Å². The van der Waals surface area contributed by atoms with Crippen LogP contribution >= 0.6 is 0 Å². The molecule has 9 heteroatoms. The number of fused-ring (bicyclic) bond motifs is 1. The molecule has 1 fully saturated rings. The van der Waals surface area contributed by atoms with Gasteiger partial charge in [-0.05, 0) is 55.6 Å². The molecule has 1 saturated heterocycles. The molecule has 0 radical (unpaired) electrons. The zero-order chi connectivity index (χ0) is 23.1. The van der Waals surface area contributed by atoms with Crippen molar-refractivity contribution in [2.45, 2.75) is 44.4 Å². The molecule has 3 aromatic rings. The van der Waals surface area contributed by atoms with Crippen molar-refractivity contribution in [2.75, 3.05) is 13.7 Å². The number of carboxylic acids is 1. The van der Waals surface area contributed by atoms with Gasteiger partial charge in [-0.3, -0.25) is 4.90 Å². The Morgan fingerprint density at radius 2 is 1.91 bits per heavy atom. The first-order chi connectivity index (χ1) is 15.3. The lowest BCUT2D eigenvalue weighted by Crippen LogP contribution is -2.40. The van der Waals surface area contributed by atoms with Crippen molar-refractivity contribution in [1.82, 2.24) is 14.5 Å². The minimum atomic E-state index is -5.08. The number of carboxylic acid groups (broad SMARTS) is 1. The first kappa shape index (κ1) is 23.6. The number of benzene rings is 1. The lowest BCUT2D eigenvalue weighted by atomic mass is 9.95. The molecule has 0 spiro atoms. The van der Waals surface area contributed by atoms with Crippen molar-refractivity contribution < 1.29 is 27.8 Å². The van der Waals surface area contributed by atoms with E-state index >= 15 is 0 Å². The Bertz CT molecular complexity index is 1020. The van der Waals surface area contributed by atoms with Gasteiger partial charge >= 0.3 is 12.1 Å². The van der Waals surface area contributed by atoms with Crippen LogP contribution in [0, 0.1) is 0 Å². The molecule has 3 heterocycles. The number of hydrogen-bond donors (Lipinski definition) is 1. The van der Waals surface area contributed by atoms with Crippen molar-refractivity contribution in [3.63, 3.8) is 0 Å². The molecular weight excluding hydrogens is 423 g/mol. The molecule has 1 atom stereocenters. The van der Waals surface area contributed by atoms with Crippen molar-refractivity contribution in [3.05, 3.63) is 66.0 Å². The van der Waals surface area contributed by atoms with Gasteiger partial charge in [-0.25, -0.2) is 9.31 Å². The Labute approximate surface area is 184 Å². The Morgan fingerprint density at radius 3 is 2.56 bits per heavy atom. The number of halogens is 3. The smallest absolute Gasteiger partial charge is 0.490 e. The molecule has 1 aromatic carbocycles. The molecule has 0 aliphatic carbocycles. The van der Waals surface area contributed by atoms with Gasteiger partial charge < -0.3 is 9.84 Å². The van der Waals surface area contributed by atoms with Crippen LogP contribution in [0.25, 0.3) is 5.52 Å². The summed E-state index contributed by atoms with van der Waals surface area (Å²) in [6, 6.07) is 15.4. The zero-order valence-corrected chi connectivity index (χ0v) is 17.8. The second kappa shape index (κ2) is 10.5. The number of aliphatic carboxylic acids is 1. The van der Waals surface area contributed by atoms with Crippen LogP contribution in [0.4, 0.5) is 13.2 Å². The summed E-state index contributed by atoms with van der Waals surface area (Å²) >= 11 is 0. The quantitative estimate of drug-likeness (QED) is 0.618. The van der Waals surface area contributed by atoms with Crippen LogP contribution in [0.1, 0.15) is 30.4 Å². The SMILES string of the molecule is COc1ccc(CC2CCCCN2Cc2cnn3ccccc23)cc1.O=C(O)C(F)(F)F. The summed E-state index contributed by atoms with van der Waals surface area (Å²) in [6.07, 6.45) is 3.94. The van der Waals surface area contributed by atoms with Crippen molar-refractivity contribution in [1.29, 1.82) is 0 Å². The predicted molar refractivity (Wildman–Crippen MR) is 114 cm³/mol. The normalized spacial score (nSPS) is 16.9. The topological polar surface area (TPSA) is 67.1 Å². The Kier molecular flexibility index (Phi) is 7.74. The number of carbonyl (C=O) groups is 1. The fourth-order valence-electron chi connectivity index (χ4n) is 3.86. The van der Waals surface area contributed by atoms with E-state index < -0.39 is 12.1 Å². The van der Waals surface area contributed by atoms with Gasteiger partial charge in [-0.2, -0.15) is 18.3 Å². The number of nitrogens with zero attached hydrogens (tertiary/aromatic N) is 3. The number of likely N-dealkylation sites (tertiary alicyclic amines) is 1. The first-order valence-corrected chi connectivity index (χ1v) is 10.4. The number of piperidine rings is 1. The second-order valence-corrected chi connectivity index (χ2v) is 7.68. The van der Waals surface area contributed by atoms with Crippen LogP contribution in [0.3, 0.4) is 0 Å². The minimum Gasteiger partial charge on any atom is -0.497 e. The Balaban J connectivity index is 0.000000360. The molecule has 2 aromatic heterocycles. The van der Waals surface area contributed by atoms with Crippen LogP contribution in [-0.2, 0) is 17.8 Å². The maximum atomic E-state index is 10.6. The third kappa shape index (κ3) is 6.23. The first-order valence-electron chi connectivity index (χ1n) is 10.4. The lowest BCUT2D eigenvalue weighted by Gasteiger charge is -2.35. The highest BCUT2D eigenvalue weighted by atomic mass is 19.4. The molecule has 172 valence electrons. The third-order valence-electron chi connectivity index (χ3n) is 5.50. The summed E-state index contributed by atoms with van der Waals surface area (Å²) in [7, 11) is 1.72. The summed E-state index contributed by atoms with van der Waals surface area (Å²) in [4.78, 5) is 11.5. The Hall–Kier alpha value is -3.07. The standard InChI is InChI=1S/C21H25N3O.C2HF3O2/c1-25-20-10-8-17(9-11-20)14-19-6-2-4-12-23(19)16-18-15-22-24-13-5-3-7-21(18)24;3-2(4,5)1(6)7/h3,5,7-11,13,15,19H,2,4,6,12,14,16H2,1H3;(H,6,7). The van der Waals surface area contributed by atoms with Gasteiger partial charge in [0.25, 0.3) is 0 Å². The predicted octanol–water partition coefficient (Wildman–Crippen LogP) is 4.57. The molecule has 1 aliphatic heterocycles. The highest BCUT2D eigenvalue weighted by Gasteiger charge is 2.38. The van der Waals surface area contributed by atoms with Gasteiger partial charge in [-0.15, -0.1) is 0 Å². The van der Waals surface area contributed by atoms with Crippen LogP contribution in [0.5, 0.6) is 5.75 Å². The molecule has 1 unspecified atom stereocenters. The van der Waals surface area contributed by atoms with Crippen LogP contribution in [-0.4, -0.2) is 51.5 Å². The van der Waals surface area contributed by atoms with E-state index in [1.165, 1.54) is 42.5 Å². The van der Waals surface area contributed by atoms with E-state index in [4.69, 9.17) is 14.6 Å². The highest BCUT2D eigenvalue weighted by Crippen LogP contribution is 2.25. The Morgan fingerprint density at radius 1 is 1.19 bits per heavy atom. The minimum absolute atomic E-state index is 0.598. The molecule has 4 rings (SSSR count). The highest BCUT2D eigenvalue weighted by molar-refractivity contribution is 5.73. The van der Waals surface area contributed by atoms with E-state index in [1.54, 1.807) is 7.11 Å². The maximum Gasteiger partial charge on any atom is 0.490 e. The molecule has 0 bridgehead atoms. The van der Waals surface area contributed by atoms with E-state index in [0.29, 0.717) is 6.04 Å². The number of hydrogen-bond acceptors (Lipinski definition) is 4. The second-order valence-electron chi connectivity index (χ2n) is 7.68. The molecule has 32 heavy (non-hydrogen) atoms. The van der Waals surface area contributed by atoms with Gasteiger partial charge in [0.05, 0.1) is 18.8 Å². The summed E-state index contributed by atoms with van der Waals surface area (Å²) in [5.41, 5.74) is 3.93. The number of alkyl halides is 3. The fourth-order valence-corrected chi connectivity index (χ4v) is 3.86. The van der Waals surface area contributed by atoms with Gasteiger partial charge in [0, 0.05) is 24.3 Å². The molecule has 1 aliphatic rings. The number of pyridine rings is 1. The average molecular weight is 449 g/mol. The molecule has 0 saturated carbocycles. The maximum absolute atomic E-state index is 10.6. The van der Waals surface area contributed by atoms with E-state index in [2.05, 4.69) is 46.4 Å². The average Bonchev–Trinajstić information content (AvgIpc) is 3.18.